The van der Waals surface area contributed by atoms with Crippen LogP contribution in [0.1, 0.15) is 11.3 Å². The van der Waals surface area contributed by atoms with E-state index in [4.69, 9.17) is 16.3 Å². The minimum Gasteiger partial charge on any atom is -0.486 e. The molecular weight excluding hydrogens is 260 g/mol. The molecule has 0 saturated carbocycles. The first-order chi connectivity index (χ1) is 9.22. The number of ether oxygens (including phenoxy) is 1. The largest absolute Gasteiger partial charge is 0.486 e. The molecule has 3 nitrogen and oxygen atoms in total. The first-order valence-electron chi connectivity index (χ1n) is 6.04. The van der Waals surface area contributed by atoms with Crippen LogP contribution < -0.4 is 4.74 Å². The molecule has 0 aliphatic rings. The monoisotopic (exact) mass is 272 g/mol. The number of aryl methyl sites for hydroxylation is 1. The van der Waals surface area contributed by atoms with Gasteiger partial charge in [-0.15, -0.1) is 0 Å². The van der Waals surface area contributed by atoms with Crippen molar-refractivity contribution in [3.63, 3.8) is 0 Å². The molecule has 0 atom stereocenters. The summed E-state index contributed by atoms with van der Waals surface area (Å²) in [7, 11) is 0. The highest BCUT2D eigenvalue weighted by molar-refractivity contribution is 6.32. The van der Waals surface area contributed by atoms with Crippen molar-refractivity contribution in [2.24, 2.45) is 0 Å². The Bertz CT molecular complexity index is 721. The van der Waals surface area contributed by atoms with Gasteiger partial charge in [0.2, 0.25) is 0 Å². The van der Waals surface area contributed by atoms with Gasteiger partial charge in [-0.25, -0.2) is 4.98 Å². The van der Waals surface area contributed by atoms with Gasteiger partial charge in [-0.3, -0.25) is 0 Å². The van der Waals surface area contributed by atoms with Gasteiger partial charge in [-0.1, -0.05) is 17.7 Å². The highest BCUT2D eigenvalue weighted by Gasteiger charge is 2.04. The van der Waals surface area contributed by atoms with Gasteiger partial charge in [0.1, 0.15) is 18.0 Å². The zero-order chi connectivity index (χ0) is 13.2. The van der Waals surface area contributed by atoms with Crippen molar-refractivity contribution in [1.29, 1.82) is 0 Å². The summed E-state index contributed by atoms with van der Waals surface area (Å²) in [5.74, 6) is 0.681. The molecule has 3 aromatic rings. The molecule has 19 heavy (non-hydrogen) atoms. The van der Waals surface area contributed by atoms with Crippen LogP contribution in [0.25, 0.3) is 11.0 Å². The summed E-state index contributed by atoms with van der Waals surface area (Å²) >= 11 is 6.12. The molecule has 96 valence electrons. The van der Waals surface area contributed by atoms with Crippen molar-refractivity contribution in [3.05, 3.63) is 58.9 Å². The van der Waals surface area contributed by atoms with Gasteiger partial charge in [-0.05, 0) is 42.8 Å². The van der Waals surface area contributed by atoms with Gasteiger partial charge in [0.25, 0.3) is 0 Å². The molecule has 2 aromatic heterocycles. The molecule has 3 rings (SSSR count). The van der Waals surface area contributed by atoms with E-state index < -0.39 is 0 Å². The second-order valence-electron chi connectivity index (χ2n) is 4.44. The van der Waals surface area contributed by atoms with Crippen LogP contribution in [0, 0.1) is 6.92 Å². The topological polar surface area (TPSA) is 37.9 Å². The Labute approximate surface area is 116 Å². The summed E-state index contributed by atoms with van der Waals surface area (Å²) in [5.41, 5.74) is 2.85. The molecule has 0 spiro atoms. The van der Waals surface area contributed by atoms with Crippen molar-refractivity contribution in [1.82, 2.24) is 9.97 Å². The molecule has 1 aromatic carbocycles. The quantitative estimate of drug-likeness (QED) is 0.779. The lowest BCUT2D eigenvalue weighted by atomic mass is 10.2. The van der Waals surface area contributed by atoms with Crippen LogP contribution in [0.5, 0.6) is 5.75 Å². The fraction of sp³-hybridized carbons (Fsp3) is 0.133. The van der Waals surface area contributed by atoms with Gasteiger partial charge in [0.05, 0.1) is 10.7 Å². The number of halogens is 1. The Morgan fingerprint density at radius 3 is 2.95 bits per heavy atom. The standard InChI is InChI=1S/C15H13ClN2O/c1-10-2-5-14(13(16)8-10)19-9-12-4-3-11-6-7-17-15(11)18-12/h2-8H,9H2,1H3,(H,17,18). The van der Waals surface area contributed by atoms with Gasteiger partial charge < -0.3 is 9.72 Å². The second kappa shape index (κ2) is 4.94. The number of benzene rings is 1. The molecule has 1 N–H and O–H groups in total. The number of nitrogens with zero attached hydrogens (tertiary/aromatic N) is 1. The lowest BCUT2D eigenvalue weighted by molar-refractivity contribution is 0.302. The molecule has 0 bridgehead atoms. The van der Waals surface area contributed by atoms with E-state index in [1.54, 1.807) is 0 Å². The molecule has 4 heteroatoms. The summed E-state index contributed by atoms with van der Waals surface area (Å²) in [6, 6.07) is 11.7. The third-order valence-electron chi connectivity index (χ3n) is 2.93. The highest BCUT2D eigenvalue weighted by atomic mass is 35.5. The predicted octanol–water partition coefficient (Wildman–Crippen LogP) is 4.10. The van der Waals surface area contributed by atoms with E-state index in [1.165, 1.54) is 0 Å². The van der Waals surface area contributed by atoms with Crippen LogP contribution in [0.3, 0.4) is 0 Å². The van der Waals surface area contributed by atoms with Crippen LogP contribution in [-0.4, -0.2) is 9.97 Å². The van der Waals surface area contributed by atoms with Crippen LogP contribution in [0.15, 0.2) is 42.6 Å². The van der Waals surface area contributed by atoms with Crippen LogP contribution in [0.4, 0.5) is 0 Å². The first kappa shape index (κ1) is 12.1. The van der Waals surface area contributed by atoms with Crippen molar-refractivity contribution in [3.8, 4) is 5.75 Å². The van der Waals surface area contributed by atoms with E-state index in [0.29, 0.717) is 17.4 Å². The summed E-state index contributed by atoms with van der Waals surface area (Å²) in [5, 5.41) is 1.72. The average Bonchev–Trinajstić information content (AvgIpc) is 2.85. The van der Waals surface area contributed by atoms with Gasteiger partial charge >= 0.3 is 0 Å². The average molecular weight is 273 g/mol. The van der Waals surface area contributed by atoms with E-state index in [9.17, 15) is 0 Å². The van der Waals surface area contributed by atoms with E-state index >= 15 is 0 Å². The Morgan fingerprint density at radius 1 is 1.21 bits per heavy atom. The normalized spacial score (nSPS) is 10.8. The van der Waals surface area contributed by atoms with Gasteiger partial charge in [0.15, 0.2) is 0 Å². The number of rotatable bonds is 3. The number of pyridine rings is 1. The van der Waals surface area contributed by atoms with Crippen LogP contribution in [-0.2, 0) is 6.61 Å². The van der Waals surface area contributed by atoms with Crippen LogP contribution in [0.2, 0.25) is 5.02 Å². The smallest absolute Gasteiger partial charge is 0.138 e. The molecule has 2 heterocycles. The summed E-state index contributed by atoms with van der Waals surface area (Å²) in [4.78, 5) is 7.56. The third-order valence-corrected chi connectivity index (χ3v) is 3.23. The molecule has 0 aliphatic carbocycles. The Hall–Kier alpha value is -2.00. The molecule has 0 fully saturated rings. The first-order valence-corrected chi connectivity index (χ1v) is 6.42. The van der Waals surface area contributed by atoms with Gasteiger partial charge in [-0.2, -0.15) is 0 Å². The fourth-order valence-corrected chi connectivity index (χ4v) is 2.22. The van der Waals surface area contributed by atoms with Crippen LogP contribution >= 0.6 is 11.6 Å². The molecule has 0 radical (unpaired) electrons. The third kappa shape index (κ3) is 2.56. The summed E-state index contributed by atoms with van der Waals surface area (Å²) in [6.45, 7) is 2.40. The number of fused-ring (bicyclic) bond motifs is 1. The van der Waals surface area contributed by atoms with Crippen molar-refractivity contribution < 1.29 is 4.74 Å². The zero-order valence-electron chi connectivity index (χ0n) is 10.5. The number of aromatic nitrogens is 2. The molecule has 0 saturated heterocycles. The maximum absolute atomic E-state index is 6.12. The summed E-state index contributed by atoms with van der Waals surface area (Å²) < 4.78 is 5.69. The number of hydrogen-bond donors (Lipinski definition) is 1. The van der Waals surface area contributed by atoms with Gasteiger partial charge in [0, 0.05) is 11.6 Å². The summed E-state index contributed by atoms with van der Waals surface area (Å²) in [6.07, 6.45) is 1.87. The Morgan fingerprint density at radius 2 is 2.11 bits per heavy atom. The number of nitrogens with one attached hydrogen (secondary N) is 1. The molecule has 0 aliphatic heterocycles. The maximum Gasteiger partial charge on any atom is 0.138 e. The predicted molar refractivity (Wildman–Crippen MR) is 76.6 cm³/mol. The lowest BCUT2D eigenvalue weighted by Crippen LogP contribution is -1.98. The lowest BCUT2D eigenvalue weighted by Gasteiger charge is -2.08. The maximum atomic E-state index is 6.12. The minimum atomic E-state index is 0.401. The van der Waals surface area contributed by atoms with Crippen molar-refractivity contribution in [2.45, 2.75) is 13.5 Å². The number of H-pyrrole nitrogens is 1. The molecular formula is C15H13ClN2O. The molecule has 0 amide bonds. The minimum absolute atomic E-state index is 0.401. The number of aromatic amines is 1. The second-order valence-corrected chi connectivity index (χ2v) is 4.85. The highest BCUT2D eigenvalue weighted by Crippen LogP contribution is 2.25. The van der Waals surface area contributed by atoms with E-state index in [0.717, 1.165) is 22.3 Å². The van der Waals surface area contributed by atoms with E-state index in [1.807, 2.05) is 49.5 Å². The van der Waals surface area contributed by atoms with E-state index in [-0.39, 0.29) is 0 Å². The number of hydrogen-bond acceptors (Lipinski definition) is 2. The SMILES string of the molecule is Cc1ccc(OCc2ccc3cc[nH]c3n2)c(Cl)c1. The van der Waals surface area contributed by atoms with Crippen molar-refractivity contribution in [2.75, 3.05) is 0 Å². The van der Waals surface area contributed by atoms with Crippen molar-refractivity contribution >= 4 is 22.6 Å². The van der Waals surface area contributed by atoms with E-state index in [2.05, 4.69) is 9.97 Å². The molecule has 0 unspecified atom stereocenters. The Kier molecular flexibility index (Phi) is 3.13. The zero-order valence-corrected chi connectivity index (χ0v) is 11.2. The Balaban J connectivity index is 1.77. The fourth-order valence-electron chi connectivity index (χ4n) is 1.93.